The third-order valence-corrected chi connectivity index (χ3v) is 8.81. The molecule has 1 fully saturated rings. The molecule has 2 aromatic rings. The fraction of sp³-hybridized carbons (Fsp3) is 0.462. The summed E-state index contributed by atoms with van der Waals surface area (Å²) in [5.74, 6) is 1.16. The van der Waals surface area contributed by atoms with Crippen LogP contribution in [0.15, 0.2) is 60.0 Å². The minimum atomic E-state index is -3.84. The van der Waals surface area contributed by atoms with Crippen molar-refractivity contribution >= 4 is 15.7 Å². The molecule has 4 atom stereocenters. The molecule has 0 amide bonds. The molecule has 0 bridgehead atoms. The zero-order valence-corrected chi connectivity index (χ0v) is 19.6. The summed E-state index contributed by atoms with van der Waals surface area (Å²) in [4.78, 5) is 2.37. The predicted molar refractivity (Wildman–Crippen MR) is 129 cm³/mol. The summed E-state index contributed by atoms with van der Waals surface area (Å²) in [6.07, 6.45) is 6.27. The largest absolute Gasteiger partial charge is 0.490 e. The first-order chi connectivity index (χ1) is 15.8. The molecule has 1 spiro atoms. The third kappa shape index (κ3) is 4.07. The van der Waals surface area contributed by atoms with Crippen LogP contribution in [-0.2, 0) is 21.9 Å². The fourth-order valence-corrected chi connectivity index (χ4v) is 6.50. The van der Waals surface area contributed by atoms with E-state index in [2.05, 4.69) is 35.7 Å². The first kappa shape index (κ1) is 22.4. The van der Waals surface area contributed by atoms with Gasteiger partial charge in [-0.2, -0.15) is 0 Å². The number of rotatable bonds is 5. The molecule has 1 heterocycles. The highest BCUT2D eigenvalue weighted by Crippen LogP contribution is 2.46. The predicted octanol–water partition coefficient (Wildman–Crippen LogP) is 3.38. The van der Waals surface area contributed by atoms with Gasteiger partial charge in [0.25, 0.3) is 0 Å². The van der Waals surface area contributed by atoms with Gasteiger partial charge in [0.15, 0.2) is 0 Å². The lowest BCUT2D eigenvalue weighted by Gasteiger charge is -2.45. The van der Waals surface area contributed by atoms with Gasteiger partial charge in [0.1, 0.15) is 5.75 Å². The number of anilines is 1. The summed E-state index contributed by atoms with van der Waals surface area (Å²) in [6.45, 7) is 5.77. The Bertz CT molecular complexity index is 1160. The SMILES string of the molecule is C=CC(O)[C@@H]1CC[C@H]1CN1CC2(CCCc3ccccc32)COc2ccc(S(N)(=O)=O)cc21. The number of aryl methyl sites for hydroxylation is 1. The molecule has 7 heteroatoms. The van der Waals surface area contributed by atoms with Crippen molar-refractivity contribution in [3.05, 3.63) is 66.2 Å². The Hall–Kier alpha value is -2.35. The first-order valence-corrected chi connectivity index (χ1v) is 13.3. The molecule has 3 N–H and O–H groups in total. The number of hydrogen-bond acceptors (Lipinski definition) is 5. The molecule has 6 nitrogen and oxygen atoms in total. The quantitative estimate of drug-likeness (QED) is 0.657. The summed E-state index contributed by atoms with van der Waals surface area (Å²) < 4.78 is 30.6. The number of fused-ring (bicyclic) bond motifs is 3. The Kier molecular flexibility index (Phi) is 5.75. The second-order valence-electron chi connectivity index (χ2n) is 9.86. The van der Waals surface area contributed by atoms with Crippen LogP contribution in [0.25, 0.3) is 0 Å². The molecule has 0 radical (unpaired) electrons. The Balaban J connectivity index is 1.56. The maximum atomic E-state index is 12.1. The van der Waals surface area contributed by atoms with Crippen LogP contribution in [0.5, 0.6) is 5.75 Å². The molecule has 1 aliphatic heterocycles. The molecule has 3 aliphatic rings. The van der Waals surface area contributed by atoms with Crippen LogP contribution in [0.3, 0.4) is 0 Å². The van der Waals surface area contributed by atoms with Crippen LogP contribution in [-0.4, -0.2) is 39.3 Å². The zero-order chi connectivity index (χ0) is 23.2. The van der Waals surface area contributed by atoms with Crippen molar-refractivity contribution < 1.29 is 18.3 Å². The van der Waals surface area contributed by atoms with Crippen LogP contribution < -0.4 is 14.8 Å². The second kappa shape index (κ2) is 8.46. The molecule has 0 saturated heterocycles. The number of ether oxygens (including phenoxy) is 1. The lowest BCUT2D eigenvalue weighted by atomic mass is 9.68. The van der Waals surface area contributed by atoms with Crippen LogP contribution in [0, 0.1) is 11.8 Å². The van der Waals surface area contributed by atoms with Crippen molar-refractivity contribution in [3.8, 4) is 5.75 Å². The highest BCUT2D eigenvalue weighted by Gasteiger charge is 2.44. The van der Waals surface area contributed by atoms with E-state index >= 15 is 0 Å². The average molecular weight is 469 g/mol. The number of aliphatic hydroxyl groups excluding tert-OH is 1. The summed E-state index contributed by atoms with van der Waals surface area (Å²) in [5.41, 5.74) is 3.29. The van der Waals surface area contributed by atoms with Crippen molar-refractivity contribution in [2.45, 2.75) is 48.5 Å². The maximum absolute atomic E-state index is 12.1. The van der Waals surface area contributed by atoms with Crippen molar-refractivity contribution in [3.63, 3.8) is 0 Å². The van der Waals surface area contributed by atoms with Crippen molar-refractivity contribution in [2.75, 3.05) is 24.6 Å². The average Bonchev–Trinajstić information content (AvgIpc) is 2.93. The van der Waals surface area contributed by atoms with Crippen LogP contribution in [0.2, 0.25) is 0 Å². The highest BCUT2D eigenvalue weighted by atomic mass is 32.2. The molecular formula is C26H32N2O4S. The molecular weight excluding hydrogens is 436 g/mol. The second-order valence-corrected chi connectivity index (χ2v) is 11.4. The Morgan fingerprint density at radius 3 is 2.82 bits per heavy atom. The van der Waals surface area contributed by atoms with E-state index in [4.69, 9.17) is 9.88 Å². The van der Waals surface area contributed by atoms with Crippen molar-refractivity contribution in [1.82, 2.24) is 0 Å². The monoisotopic (exact) mass is 468 g/mol. The van der Waals surface area contributed by atoms with Gasteiger partial charge in [-0.05, 0) is 73.3 Å². The Labute approximate surface area is 196 Å². The summed E-state index contributed by atoms with van der Waals surface area (Å²) in [6, 6.07) is 13.5. The van der Waals surface area contributed by atoms with E-state index in [1.165, 1.54) is 17.2 Å². The number of primary sulfonamides is 1. The molecule has 2 aromatic carbocycles. The van der Waals surface area contributed by atoms with E-state index in [-0.39, 0.29) is 16.2 Å². The van der Waals surface area contributed by atoms with Gasteiger partial charge in [-0.1, -0.05) is 30.3 Å². The van der Waals surface area contributed by atoms with Crippen molar-refractivity contribution in [2.24, 2.45) is 17.0 Å². The first-order valence-electron chi connectivity index (χ1n) is 11.7. The van der Waals surface area contributed by atoms with Gasteiger partial charge in [0.2, 0.25) is 10.0 Å². The number of benzene rings is 2. The molecule has 2 aliphatic carbocycles. The number of hydrogen-bond donors (Lipinski definition) is 2. The van der Waals surface area contributed by atoms with Gasteiger partial charge in [-0.3, -0.25) is 0 Å². The lowest BCUT2D eigenvalue weighted by Crippen LogP contribution is -2.49. The van der Waals surface area contributed by atoms with Gasteiger partial charge in [0.05, 0.1) is 23.3 Å². The zero-order valence-electron chi connectivity index (χ0n) is 18.8. The summed E-state index contributed by atoms with van der Waals surface area (Å²) in [5, 5.41) is 15.9. The van der Waals surface area contributed by atoms with E-state index in [1.807, 2.05) is 0 Å². The molecule has 5 rings (SSSR count). The summed E-state index contributed by atoms with van der Waals surface area (Å²) >= 11 is 0. The van der Waals surface area contributed by atoms with E-state index in [1.54, 1.807) is 18.2 Å². The number of aliphatic hydroxyl groups is 1. The normalized spacial score (nSPS) is 27.5. The number of sulfonamides is 1. The summed E-state index contributed by atoms with van der Waals surface area (Å²) in [7, 11) is -3.84. The van der Waals surface area contributed by atoms with Gasteiger partial charge >= 0.3 is 0 Å². The van der Waals surface area contributed by atoms with Crippen LogP contribution >= 0.6 is 0 Å². The highest BCUT2D eigenvalue weighted by molar-refractivity contribution is 7.89. The minimum Gasteiger partial charge on any atom is -0.490 e. The molecule has 176 valence electrons. The maximum Gasteiger partial charge on any atom is 0.238 e. The van der Waals surface area contributed by atoms with E-state index in [9.17, 15) is 13.5 Å². The van der Waals surface area contributed by atoms with E-state index < -0.39 is 16.1 Å². The topological polar surface area (TPSA) is 92.9 Å². The van der Waals surface area contributed by atoms with Gasteiger partial charge in [-0.15, -0.1) is 6.58 Å². The third-order valence-electron chi connectivity index (χ3n) is 7.90. The van der Waals surface area contributed by atoms with Crippen molar-refractivity contribution in [1.29, 1.82) is 0 Å². The fourth-order valence-electron chi connectivity index (χ4n) is 5.97. The molecule has 33 heavy (non-hydrogen) atoms. The Morgan fingerprint density at radius 2 is 2.09 bits per heavy atom. The minimum absolute atomic E-state index is 0.0890. The van der Waals surface area contributed by atoms with Gasteiger partial charge in [-0.25, -0.2) is 13.6 Å². The van der Waals surface area contributed by atoms with Gasteiger partial charge < -0.3 is 14.7 Å². The van der Waals surface area contributed by atoms with Crippen LogP contribution in [0.4, 0.5) is 5.69 Å². The molecule has 0 aromatic heterocycles. The number of nitrogens with zero attached hydrogens (tertiary/aromatic N) is 1. The standard InChI is InChI=1S/C26H32N2O4S/c1-2-24(29)21-11-9-19(21)15-28-16-26(13-5-7-18-6-3-4-8-22(18)26)17-32-25-12-10-20(14-23(25)28)33(27,30)31/h2-4,6,8,10,12,14,19,21,24,29H,1,5,7,9,11,13,15-17H2,(H2,27,30,31)/t19-,21+,24?,26?/m0/s1. The van der Waals surface area contributed by atoms with E-state index in [0.717, 1.165) is 50.9 Å². The Morgan fingerprint density at radius 1 is 1.27 bits per heavy atom. The van der Waals surface area contributed by atoms with Gasteiger partial charge in [0, 0.05) is 18.5 Å². The molecule has 1 saturated carbocycles. The van der Waals surface area contributed by atoms with Crippen LogP contribution in [0.1, 0.15) is 36.8 Å². The molecule has 2 unspecified atom stereocenters. The van der Waals surface area contributed by atoms with E-state index in [0.29, 0.717) is 18.3 Å². The lowest BCUT2D eigenvalue weighted by molar-refractivity contribution is 0.0460. The number of nitrogens with two attached hydrogens (primary N) is 1. The smallest absolute Gasteiger partial charge is 0.238 e.